The second-order valence-corrected chi connectivity index (χ2v) is 5.80. The predicted octanol–water partition coefficient (Wildman–Crippen LogP) is 3.06. The van der Waals surface area contributed by atoms with E-state index in [-0.39, 0.29) is 24.2 Å². The maximum Gasteiger partial charge on any atom is 0.319 e. The monoisotopic (exact) mass is 327 g/mol. The number of aryl methyl sites for hydroxylation is 1. The number of nitrogens with one attached hydrogen (secondary N) is 2. The summed E-state index contributed by atoms with van der Waals surface area (Å²) in [6.45, 7) is 2.07. The summed E-state index contributed by atoms with van der Waals surface area (Å²) in [6.07, 6.45) is 0.241. The Morgan fingerprint density at radius 1 is 1.21 bits per heavy atom. The smallest absolute Gasteiger partial charge is 0.319 e. The van der Waals surface area contributed by atoms with E-state index in [1.54, 1.807) is 24.0 Å². The lowest BCUT2D eigenvalue weighted by Crippen LogP contribution is -2.39. The number of para-hydroxylation sites is 1. The molecule has 0 spiro atoms. The molecule has 124 valence electrons. The lowest BCUT2D eigenvalue weighted by Gasteiger charge is -2.17. The summed E-state index contributed by atoms with van der Waals surface area (Å²) < 4.78 is 13.5. The van der Waals surface area contributed by atoms with Gasteiger partial charge in [-0.1, -0.05) is 24.3 Å². The van der Waals surface area contributed by atoms with Crippen molar-refractivity contribution in [3.63, 3.8) is 0 Å². The highest BCUT2D eigenvalue weighted by atomic mass is 19.1. The third kappa shape index (κ3) is 3.53. The quantitative estimate of drug-likeness (QED) is 0.910. The molecular formula is C18H18FN3O2. The zero-order chi connectivity index (χ0) is 17.1. The van der Waals surface area contributed by atoms with Crippen molar-refractivity contribution in [1.29, 1.82) is 0 Å². The molecule has 5 nitrogen and oxygen atoms in total. The van der Waals surface area contributed by atoms with Gasteiger partial charge in [-0.3, -0.25) is 4.79 Å². The predicted molar refractivity (Wildman–Crippen MR) is 90.5 cm³/mol. The Morgan fingerprint density at radius 2 is 1.96 bits per heavy atom. The van der Waals surface area contributed by atoms with Crippen LogP contribution in [0.1, 0.15) is 12.0 Å². The Hall–Kier alpha value is -2.89. The maximum absolute atomic E-state index is 13.5. The van der Waals surface area contributed by atoms with Gasteiger partial charge in [0.25, 0.3) is 0 Å². The number of urea groups is 1. The first-order valence-corrected chi connectivity index (χ1v) is 7.72. The number of rotatable bonds is 3. The Labute approximate surface area is 139 Å². The number of hydrogen-bond acceptors (Lipinski definition) is 2. The molecule has 2 aromatic rings. The first-order valence-electron chi connectivity index (χ1n) is 7.72. The third-order valence-electron chi connectivity index (χ3n) is 3.96. The van der Waals surface area contributed by atoms with Crippen molar-refractivity contribution in [2.75, 3.05) is 16.8 Å². The number of hydrogen-bond donors (Lipinski definition) is 2. The van der Waals surface area contributed by atoms with Crippen LogP contribution in [0.5, 0.6) is 0 Å². The van der Waals surface area contributed by atoms with Crippen LogP contribution in [0, 0.1) is 12.7 Å². The van der Waals surface area contributed by atoms with Gasteiger partial charge < -0.3 is 15.5 Å². The summed E-state index contributed by atoms with van der Waals surface area (Å²) >= 11 is 0. The van der Waals surface area contributed by atoms with Gasteiger partial charge in [0.2, 0.25) is 5.91 Å². The van der Waals surface area contributed by atoms with E-state index in [2.05, 4.69) is 10.6 Å². The molecular weight excluding hydrogens is 309 g/mol. The fraction of sp³-hybridized carbons (Fsp3) is 0.222. The van der Waals surface area contributed by atoms with Crippen LogP contribution in [0.2, 0.25) is 0 Å². The number of halogens is 1. The van der Waals surface area contributed by atoms with Crippen molar-refractivity contribution in [3.8, 4) is 0 Å². The molecule has 3 rings (SSSR count). The van der Waals surface area contributed by atoms with Crippen LogP contribution < -0.4 is 15.5 Å². The van der Waals surface area contributed by atoms with Gasteiger partial charge in [0.05, 0.1) is 6.04 Å². The highest BCUT2D eigenvalue weighted by Crippen LogP contribution is 2.21. The number of nitrogens with zero attached hydrogens (tertiary/aromatic N) is 1. The van der Waals surface area contributed by atoms with E-state index < -0.39 is 6.03 Å². The highest BCUT2D eigenvalue weighted by molar-refractivity contribution is 5.97. The van der Waals surface area contributed by atoms with Crippen LogP contribution >= 0.6 is 0 Å². The van der Waals surface area contributed by atoms with Gasteiger partial charge >= 0.3 is 6.03 Å². The Morgan fingerprint density at radius 3 is 2.67 bits per heavy atom. The van der Waals surface area contributed by atoms with Gasteiger partial charge in [0, 0.05) is 24.3 Å². The van der Waals surface area contributed by atoms with Crippen LogP contribution in [0.4, 0.5) is 20.6 Å². The van der Waals surface area contributed by atoms with Crippen molar-refractivity contribution in [2.24, 2.45) is 0 Å². The molecule has 1 fully saturated rings. The number of carbonyl (C=O) groups excluding carboxylic acids is 2. The first-order chi connectivity index (χ1) is 11.5. The molecule has 0 unspecified atom stereocenters. The van der Waals surface area contributed by atoms with E-state index in [4.69, 9.17) is 0 Å². The van der Waals surface area contributed by atoms with Crippen molar-refractivity contribution < 1.29 is 14.0 Å². The molecule has 0 radical (unpaired) electrons. The molecule has 6 heteroatoms. The second kappa shape index (κ2) is 6.70. The molecule has 1 atom stereocenters. The number of amides is 3. The van der Waals surface area contributed by atoms with Crippen LogP contribution in [-0.2, 0) is 4.79 Å². The molecule has 2 N–H and O–H groups in total. The van der Waals surface area contributed by atoms with E-state index in [9.17, 15) is 14.0 Å². The fourth-order valence-electron chi connectivity index (χ4n) is 2.68. The Balaban J connectivity index is 1.59. The number of anilines is 2. The minimum absolute atomic E-state index is 0.0344. The van der Waals surface area contributed by atoms with Crippen molar-refractivity contribution >= 4 is 23.3 Å². The summed E-state index contributed by atoms with van der Waals surface area (Å²) in [5.74, 6) is -0.410. The van der Waals surface area contributed by atoms with Crippen LogP contribution in [0.25, 0.3) is 0 Å². The summed E-state index contributed by atoms with van der Waals surface area (Å²) in [4.78, 5) is 25.8. The second-order valence-electron chi connectivity index (χ2n) is 5.80. The lowest BCUT2D eigenvalue weighted by atomic mass is 10.2. The average Bonchev–Trinajstić information content (AvgIpc) is 2.92. The molecule has 1 aliphatic heterocycles. The van der Waals surface area contributed by atoms with Crippen LogP contribution in [0.15, 0.2) is 48.5 Å². The highest BCUT2D eigenvalue weighted by Gasteiger charge is 2.31. The molecule has 1 aliphatic rings. The first kappa shape index (κ1) is 16.0. The number of benzene rings is 2. The molecule has 3 amide bonds. The van der Waals surface area contributed by atoms with E-state index in [0.29, 0.717) is 17.8 Å². The third-order valence-corrected chi connectivity index (χ3v) is 3.96. The SMILES string of the molecule is Cc1ccc(NC(=O)N[C@H]2CC(=O)N(c3ccccc3)C2)cc1F. The topological polar surface area (TPSA) is 61.4 Å². The van der Waals surface area contributed by atoms with Gasteiger partial charge in [-0.2, -0.15) is 0 Å². The van der Waals surface area contributed by atoms with Gasteiger partial charge in [-0.05, 0) is 36.8 Å². The number of carbonyl (C=O) groups is 2. The summed E-state index contributed by atoms with van der Waals surface area (Å²) in [5, 5.41) is 5.34. The molecule has 0 aliphatic carbocycles. The standard InChI is InChI=1S/C18H18FN3O2/c1-12-7-8-13(9-16(12)19)20-18(24)21-14-10-17(23)22(11-14)15-5-3-2-4-6-15/h2-9,14H,10-11H2,1H3,(H2,20,21,24)/t14-/m0/s1. The minimum atomic E-state index is -0.453. The molecule has 2 aromatic carbocycles. The average molecular weight is 327 g/mol. The zero-order valence-electron chi connectivity index (χ0n) is 13.3. The van der Waals surface area contributed by atoms with Crippen molar-refractivity contribution in [3.05, 3.63) is 59.9 Å². The van der Waals surface area contributed by atoms with Gasteiger partial charge in [0.15, 0.2) is 0 Å². The normalized spacial score (nSPS) is 17.0. The van der Waals surface area contributed by atoms with E-state index in [1.807, 2.05) is 30.3 Å². The van der Waals surface area contributed by atoms with Gasteiger partial charge in [-0.15, -0.1) is 0 Å². The van der Waals surface area contributed by atoms with Gasteiger partial charge in [0.1, 0.15) is 5.82 Å². The van der Waals surface area contributed by atoms with Crippen LogP contribution in [0.3, 0.4) is 0 Å². The van der Waals surface area contributed by atoms with E-state index >= 15 is 0 Å². The molecule has 1 heterocycles. The summed E-state index contributed by atoms with van der Waals surface area (Å²) in [5.41, 5.74) is 1.70. The fourth-order valence-corrected chi connectivity index (χ4v) is 2.68. The lowest BCUT2D eigenvalue weighted by molar-refractivity contribution is -0.117. The zero-order valence-corrected chi connectivity index (χ0v) is 13.3. The molecule has 1 saturated heterocycles. The largest absolute Gasteiger partial charge is 0.333 e. The van der Waals surface area contributed by atoms with E-state index in [1.165, 1.54) is 6.07 Å². The Kier molecular flexibility index (Phi) is 4.46. The van der Waals surface area contributed by atoms with Crippen LogP contribution in [-0.4, -0.2) is 24.5 Å². The van der Waals surface area contributed by atoms with Gasteiger partial charge in [-0.25, -0.2) is 9.18 Å². The summed E-state index contributed by atoms with van der Waals surface area (Å²) in [7, 11) is 0. The minimum Gasteiger partial charge on any atom is -0.333 e. The molecule has 24 heavy (non-hydrogen) atoms. The molecule has 0 aromatic heterocycles. The van der Waals surface area contributed by atoms with E-state index in [0.717, 1.165) is 5.69 Å². The summed E-state index contributed by atoms with van der Waals surface area (Å²) in [6, 6.07) is 13.1. The molecule has 0 saturated carbocycles. The Bertz CT molecular complexity index is 764. The maximum atomic E-state index is 13.5. The van der Waals surface area contributed by atoms with Crippen molar-refractivity contribution in [1.82, 2.24) is 5.32 Å². The molecule has 0 bridgehead atoms. The van der Waals surface area contributed by atoms with Crippen molar-refractivity contribution in [2.45, 2.75) is 19.4 Å².